The molecule has 4 aromatic rings. The Labute approximate surface area is 217 Å². The van der Waals surface area contributed by atoms with Gasteiger partial charge in [-0.1, -0.05) is 35.9 Å². The molecule has 8 nitrogen and oxygen atoms in total. The van der Waals surface area contributed by atoms with E-state index in [-0.39, 0.29) is 11.9 Å². The van der Waals surface area contributed by atoms with Gasteiger partial charge in [0.1, 0.15) is 0 Å². The number of rotatable bonds is 5. The van der Waals surface area contributed by atoms with Gasteiger partial charge in [0.2, 0.25) is 0 Å². The van der Waals surface area contributed by atoms with Gasteiger partial charge in [-0.15, -0.1) is 0 Å². The van der Waals surface area contributed by atoms with Crippen LogP contribution < -0.4 is 10.0 Å². The van der Waals surface area contributed by atoms with E-state index in [0.717, 1.165) is 16.6 Å². The minimum Gasteiger partial charge on any atom is -0.335 e. The number of pyridine rings is 1. The average Bonchev–Trinajstić information content (AvgIpc) is 2.94. The molecule has 2 N–H and O–H groups in total. The van der Waals surface area contributed by atoms with Crippen molar-refractivity contribution in [2.45, 2.75) is 11.8 Å². The second-order valence-electron chi connectivity index (χ2n) is 8.85. The SMILES string of the molecule is Cc1ccc(NC(=O)N2CCN(C(=O)c3ccc(NS(=O)c4cccc5cccnc45)cc3)CC2)cc1. The molecule has 3 aromatic carbocycles. The number of aryl methyl sites for hydroxylation is 1. The Morgan fingerprint density at radius 1 is 0.811 bits per heavy atom. The smallest absolute Gasteiger partial charge is 0.321 e. The molecule has 1 atom stereocenters. The maximum absolute atomic E-state index is 13.0. The largest absolute Gasteiger partial charge is 0.335 e. The van der Waals surface area contributed by atoms with Crippen LogP contribution in [0.5, 0.6) is 0 Å². The minimum atomic E-state index is -1.51. The van der Waals surface area contributed by atoms with E-state index in [2.05, 4.69) is 15.0 Å². The molecule has 188 valence electrons. The third-order valence-electron chi connectivity index (χ3n) is 6.29. The Balaban J connectivity index is 1.16. The van der Waals surface area contributed by atoms with E-state index in [1.165, 1.54) is 0 Å². The van der Waals surface area contributed by atoms with Gasteiger partial charge >= 0.3 is 6.03 Å². The van der Waals surface area contributed by atoms with Crippen molar-refractivity contribution in [1.82, 2.24) is 14.8 Å². The molecule has 1 saturated heterocycles. The number of carbonyl (C=O) groups is 2. The van der Waals surface area contributed by atoms with Crippen LogP contribution in [-0.4, -0.2) is 57.1 Å². The fourth-order valence-corrected chi connectivity index (χ4v) is 5.21. The van der Waals surface area contributed by atoms with Gasteiger partial charge in [-0.05, 0) is 55.5 Å². The van der Waals surface area contributed by atoms with Crippen molar-refractivity contribution < 1.29 is 13.8 Å². The Morgan fingerprint density at radius 2 is 1.46 bits per heavy atom. The van der Waals surface area contributed by atoms with Crippen LogP contribution in [0, 0.1) is 6.92 Å². The standard InChI is InChI=1S/C28H27N5O3S/c1-20-7-11-23(12-8-20)30-28(35)33-18-16-32(17-19-33)27(34)22-9-13-24(14-10-22)31-37(36)25-6-2-4-21-5-3-15-29-26(21)25/h2-15,31H,16-19H2,1H3,(H,30,35). The van der Waals surface area contributed by atoms with Crippen molar-refractivity contribution in [2.75, 3.05) is 36.2 Å². The summed E-state index contributed by atoms with van der Waals surface area (Å²) < 4.78 is 16.0. The number of amides is 3. The molecular formula is C28H27N5O3S. The van der Waals surface area contributed by atoms with E-state index >= 15 is 0 Å². The van der Waals surface area contributed by atoms with Crippen LogP contribution in [0.4, 0.5) is 16.2 Å². The van der Waals surface area contributed by atoms with Crippen LogP contribution >= 0.6 is 0 Å². The summed E-state index contributed by atoms with van der Waals surface area (Å²) in [6, 6.07) is 23.8. The number of carbonyl (C=O) groups excluding carboxylic acids is 2. The van der Waals surface area contributed by atoms with Crippen molar-refractivity contribution in [3.8, 4) is 0 Å². The number of aromatic nitrogens is 1. The van der Waals surface area contributed by atoms with Crippen LogP contribution in [0.25, 0.3) is 10.9 Å². The number of urea groups is 1. The summed E-state index contributed by atoms with van der Waals surface area (Å²) in [4.78, 5) is 34.0. The number of fused-ring (bicyclic) bond motifs is 1. The van der Waals surface area contributed by atoms with Crippen LogP contribution in [0.15, 0.2) is 90.0 Å². The maximum Gasteiger partial charge on any atom is 0.321 e. The molecule has 1 unspecified atom stereocenters. The molecule has 1 aliphatic heterocycles. The highest BCUT2D eigenvalue weighted by Gasteiger charge is 2.25. The molecular weight excluding hydrogens is 486 g/mol. The fraction of sp³-hybridized carbons (Fsp3) is 0.179. The molecule has 0 radical (unpaired) electrons. The molecule has 37 heavy (non-hydrogen) atoms. The number of para-hydroxylation sites is 1. The molecule has 3 amide bonds. The van der Waals surface area contributed by atoms with Gasteiger partial charge in [-0.2, -0.15) is 0 Å². The van der Waals surface area contributed by atoms with Gasteiger partial charge in [0, 0.05) is 54.7 Å². The van der Waals surface area contributed by atoms with Crippen molar-refractivity contribution in [2.24, 2.45) is 0 Å². The number of nitrogens with zero attached hydrogens (tertiary/aromatic N) is 3. The summed E-state index contributed by atoms with van der Waals surface area (Å²) in [5, 5.41) is 3.83. The molecule has 0 spiro atoms. The van der Waals surface area contributed by atoms with Gasteiger partial charge in [-0.25, -0.2) is 9.00 Å². The fourth-order valence-electron chi connectivity index (χ4n) is 4.20. The van der Waals surface area contributed by atoms with E-state index in [1.54, 1.807) is 46.3 Å². The minimum absolute atomic E-state index is 0.0930. The summed E-state index contributed by atoms with van der Waals surface area (Å²) in [6.07, 6.45) is 1.68. The first-order valence-electron chi connectivity index (χ1n) is 12.0. The molecule has 9 heteroatoms. The predicted molar refractivity (Wildman–Crippen MR) is 146 cm³/mol. The third kappa shape index (κ3) is 5.62. The molecule has 0 saturated carbocycles. The van der Waals surface area contributed by atoms with Crippen molar-refractivity contribution >= 4 is 45.2 Å². The Kier molecular flexibility index (Phi) is 7.14. The zero-order valence-corrected chi connectivity index (χ0v) is 21.2. The molecule has 0 bridgehead atoms. The first kappa shape index (κ1) is 24.5. The van der Waals surface area contributed by atoms with E-state index < -0.39 is 11.0 Å². The number of benzene rings is 3. The summed E-state index contributed by atoms with van der Waals surface area (Å²) in [7, 11) is -1.51. The molecule has 1 aliphatic rings. The lowest BCUT2D eigenvalue weighted by Gasteiger charge is -2.34. The van der Waals surface area contributed by atoms with Crippen LogP contribution in [0.3, 0.4) is 0 Å². The average molecular weight is 514 g/mol. The van der Waals surface area contributed by atoms with Crippen molar-refractivity contribution in [1.29, 1.82) is 0 Å². The van der Waals surface area contributed by atoms with Gasteiger partial charge in [0.25, 0.3) is 5.91 Å². The topological polar surface area (TPSA) is 94.6 Å². The molecule has 2 heterocycles. The van der Waals surface area contributed by atoms with Crippen LogP contribution in [-0.2, 0) is 11.0 Å². The zero-order chi connectivity index (χ0) is 25.8. The summed E-state index contributed by atoms with van der Waals surface area (Å²) in [5.41, 5.74) is 3.75. The van der Waals surface area contributed by atoms with Crippen molar-refractivity contribution in [3.63, 3.8) is 0 Å². The highest BCUT2D eigenvalue weighted by Crippen LogP contribution is 2.21. The van der Waals surface area contributed by atoms with Crippen molar-refractivity contribution in [3.05, 3.63) is 96.2 Å². The second kappa shape index (κ2) is 10.8. The van der Waals surface area contributed by atoms with Gasteiger partial charge in [0.15, 0.2) is 11.0 Å². The number of nitrogens with one attached hydrogen (secondary N) is 2. The summed E-state index contributed by atoms with van der Waals surface area (Å²) >= 11 is 0. The maximum atomic E-state index is 13.0. The monoisotopic (exact) mass is 513 g/mol. The number of hydrogen-bond acceptors (Lipinski definition) is 4. The Morgan fingerprint density at radius 3 is 2.19 bits per heavy atom. The van der Waals surface area contributed by atoms with Gasteiger partial charge in [-0.3, -0.25) is 9.78 Å². The molecule has 1 aromatic heterocycles. The third-order valence-corrected chi connectivity index (χ3v) is 7.44. The number of anilines is 2. The Bertz CT molecular complexity index is 1440. The van der Waals surface area contributed by atoms with Crippen LogP contribution in [0.2, 0.25) is 0 Å². The highest BCUT2D eigenvalue weighted by atomic mass is 32.2. The lowest BCUT2D eigenvalue weighted by molar-refractivity contribution is 0.0671. The van der Waals surface area contributed by atoms with Crippen LogP contribution in [0.1, 0.15) is 15.9 Å². The van der Waals surface area contributed by atoms with E-state index in [9.17, 15) is 13.8 Å². The van der Waals surface area contributed by atoms with Gasteiger partial charge < -0.3 is 19.8 Å². The predicted octanol–water partition coefficient (Wildman–Crippen LogP) is 4.67. The quantitative estimate of drug-likeness (QED) is 0.406. The lowest BCUT2D eigenvalue weighted by Crippen LogP contribution is -2.51. The first-order valence-corrected chi connectivity index (χ1v) is 13.2. The lowest BCUT2D eigenvalue weighted by atomic mass is 10.1. The Hall–Kier alpha value is -4.24. The first-order chi connectivity index (χ1) is 18.0. The zero-order valence-electron chi connectivity index (χ0n) is 20.4. The highest BCUT2D eigenvalue weighted by molar-refractivity contribution is 7.86. The van der Waals surface area contributed by atoms with Gasteiger partial charge in [0.05, 0.1) is 10.4 Å². The summed E-state index contributed by atoms with van der Waals surface area (Å²) in [5.74, 6) is -0.0930. The normalized spacial score (nSPS) is 14.3. The second-order valence-corrected chi connectivity index (χ2v) is 10.0. The molecule has 1 fully saturated rings. The van der Waals surface area contributed by atoms with E-state index in [0.29, 0.717) is 47.8 Å². The van der Waals surface area contributed by atoms with E-state index in [4.69, 9.17) is 0 Å². The molecule has 0 aliphatic carbocycles. The van der Waals surface area contributed by atoms with E-state index in [1.807, 2.05) is 55.5 Å². The molecule has 5 rings (SSSR count). The summed E-state index contributed by atoms with van der Waals surface area (Å²) in [6.45, 7) is 3.83. The number of hydrogen-bond donors (Lipinski definition) is 2. The number of piperazine rings is 1.